The van der Waals surface area contributed by atoms with Crippen molar-refractivity contribution in [3.8, 4) is 5.75 Å². The lowest BCUT2D eigenvalue weighted by Crippen LogP contribution is -2.42. The Kier molecular flexibility index (Phi) is 8.71. The first kappa shape index (κ1) is 25.0. The molecule has 10 heteroatoms. The number of likely N-dealkylation sites (tertiary alicyclic amines) is 1. The van der Waals surface area contributed by atoms with Crippen molar-refractivity contribution in [3.05, 3.63) is 59.1 Å². The number of ether oxygens (including phenoxy) is 2. The van der Waals surface area contributed by atoms with Crippen LogP contribution in [0, 0.1) is 5.92 Å². The lowest BCUT2D eigenvalue weighted by molar-refractivity contribution is -0.151. The van der Waals surface area contributed by atoms with Gasteiger partial charge < -0.3 is 14.4 Å². The molecule has 0 radical (unpaired) electrons. The minimum absolute atomic E-state index is 0.00291. The molecule has 0 aliphatic carbocycles. The predicted molar refractivity (Wildman–Crippen MR) is 123 cm³/mol. The second-order valence-electron chi connectivity index (χ2n) is 7.60. The molecular formula is C23H27ClN2O6S. The molecule has 0 aromatic heterocycles. The van der Waals surface area contributed by atoms with Crippen molar-refractivity contribution in [3.63, 3.8) is 0 Å². The number of hydrogen-bond donors (Lipinski definition) is 1. The predicted octanol–water partition coefficient (Wildman–Crippen LogP) is 3.00. The first-order chi connectivity index (χ1) is 15.8. The van der Waals surface area contributed by atoms with Crippen molar-refractivity contribution in [2.75, 3.05) is 26.3 Å². The fraction of sp³-hybridized carbons (Fsp3) is 0.391. The summed E-state index contributed by atoms with van der Waals surface area (Å²) >= 11 is 6.21. The summed E-state index contributed by atoms with van der Waals surface area (Å²) < 4.78 is 38.2. The van der Waals surface area contributed by atoms with E-state index in [1.165, 1.54) is 18.2 Å². The molecular weight excluding hydrogens is 468 g/mol. The molecule has 1 aliphatic rings. The van der Waals surface area contributed by atoms with Gasteiger partial charge in [-0.3, -0.25) is 9.59 Å². The number of benzene rings is 2. The zero-order valence-electron chi connectivity index (χ0n) is 18.3. The van der Waals surface area contributed by atoms with Crippen molar-refractivity contribution >= 4 is 33.5 Å². The third-order valence-electron chi connectivity index (χ3n) is 5.34. The van der Waals surface area contributed by atoms with Crippen molar-refractivity contribution in [2.24, 2.45) is 5.92 Å². The van der Waals surface area contributed by atoms with Crippen LogP contribution in [0.5, 0.6) is 5.75 Å². The fourth-order valence-electron chi connectivity index (χ4n) is 3.48. The topological polar surface area (TPSA) is 102 Å². The average molecular weight is 495 g/mol. The van der Waals surface area contributed by atoms with Crippen molar-refractivity contribution in [1.29, 1.82) is 0 Å². The Morgan fingerprint density at radius 3 is 2.45 bits per heavy atom. The van der Waals surface area contributed by atoms with Crippen LogP contribution in [0.15, 0.2) is 53.4 Å². The van der Waals surface area contributed by atoms with E-state index in [9.17, 15) is 18.0 Å². The lowest BCUT2D eigenvalue weighted by Gasteiger charge is -2.30. The van der Waals surface area contributed by atoms with E-state index in [0.717, 1.165) is 5.56 Å². The Bertz CT molecular complexity index is 1070. The van der Waals surface area contributed by atoms with Gasteiger partial charge in [-0.1, -0.05) is 41.9 Å². The van der Waals surface area contributed by atoms with E-state index in [1.54, 1.807) is 11.8 Å². The highest BCUT2D eigenvalue weighted by Gasteiger charge is 2.28. The van der Waals surface area contributed by atoms with E-state index in [1.807, 2.05) is 30.3 Å². The number of amides is 1. The van der Waals surface area contributed by atoms with Crippen LogP contribution in [0.1, 0.15) is 25.3 Å². The summed E-state index contributed by atoms with van der Waals surface area (Å²) in [5.41, 5.74) is 0.830. The second-order valence-corrected chi connectivity index (χ2v) is 9.77. The monoisotopic (exact) mass is 494 g/mol. The molecule has 178 valence electrons. The van der Waals surface area contributed by atoms with Gasteiger partial charge in [-0.2, -0.15) is 0 Å². The highest BCUT2D eigenvalue weighted by atomic mass is 35.5. The molecule has 0 spiro atoms. The number of hydrogen-bond acceptors (Lipinski definition) is 6. The van der Waals surface area contributed by atoms with Crippen molar-refractivity contribution in [2.45, 2.75) is 31.2 Å². The quantitative estimate of drug-likeness (QED) is 0.538. The molecule has 0 atom stereocenters. The molecule has 1 heterocycles. The first-order valence-electron chi connectivity index (χ1n) is 10.7. The number of halogens is 1. The molecule has 1 fully saturated rings. The molecule has 1 aliphatic heterocycles. The van der Waals surface area contributed by atoms with Crippen LogP contribution in [-0.2, 0) is 30.9 Å². The average Bonchev–Trinajstić information content (AvgIpc) is 2.82. The zero-order valence-corrected chi connectivity index (χ0v) is 19.9. The summed E-state index contributed by atoms with van der Waals surface area (Å²) in [5.74, 6) is -0.418. The lowest BCUT2D eigenvalue weighted by atomic mass is 9.97. The van der Waals surface area contributed by atoms with Crippen LogP contribution in [-0.4, -0.2) is 51.5 Å². The Morgan fingerprint density at radius 2 is 1.82 bits per heavy atom. The fourth-order valence-corrected chi connectivity index (χ4v) is 4.82. The van der Waals surface area contributed by atoms with Gasteiger partial charge in [0.1, 0.15) is 5.75 Å². The Labute approximate surface area is 198 Å². The summed E-state index contributed by atoms with van der Waals surface area (Å²) in [4.78, 5) is 25.9. The van der Waals surface area contributed by atoms with E-state index >= 15 is 0 Å². The Morgan fingerprint density at radius 1 is 1.12 bits per heavy atom. The maximum atomic E-state index is 12.6. The largest absolute Gasteiger partial charge is 0.482 e. The summed E-state index contributed by atoms with van der Waals surface area (Å²) in [6, 6.07) is 13.3. The number of carbonyl (C=O) groups excluding carboxylic acids is 2. The highest BCUT2D eigenvalue weighted by molar-refractivity contribution is 7.89. The molecule has 0 bridgehead atoms. The van der Waals surface area contributed by atoms with Gasteiger partial charge in [-0.15, -0.1) is 0 Å². The maximum Gasteiger partial charge on any atom is 0.309 e. The number of nitrogens with zero attached hydrogens (tertiary/aromatic N) is 1. The van der Waals surface area contributed by atoms with Crippen LogP contribution >= 0.6 is 11.6 Å². The third-order valence-corrected chi connectivity index (χ3v) is 7.04. The van der Waals surface area contributed by atoms with E-state index in [-0.39, 0.29) is 46.6 Å². The number of esters is 1. The Hall–Kier alpha value is -2.62. The summed E-state index contributed by atoms with van der Waals surface area (Å²) in [6.07, 6.45) is 1.10. The summed E-state index contributed by atoms with van der Waals surface area (Å²) in [5, 5.41) is 0.0893. The van der Waals surface area contributed by atoms with Crippen LogP contribution in [0.3, 0.4) is 0 Å². The number of rotatable bonds is 9. The van der Waals surface area contributed by atoms with Crippen LogP contribution < -0.4 is 9.46 Å². The van der Waals surface area contributed by atoms with E-state index in [0.29, 0.717) is 32.5 Å². The number of carbonyl (C=O) groups is 2. The standard InChI is InChI=1S/C23H27ClN2O6S/c1-2-31-23(28)18-10-12-26(13-11-18)22(27)16-32-21-9-8-19(14-20(21)24)33(29,30)25-15-17-6-4-3-5-7-17/h3-9,14,18,25H,2,10-13,15-16H2,1H3. The maximum absolute atomic E-state index is 12.6. The van der Waals surface area contributed by atoms with Gasteiger partial charge in [-0.05, 0) is 43.5 Å². The van der Waals surface area contributed by atoms with E-state index in [4.69, 9.17) is 21.1 Å². The smallest absolute Gasteiger partial charge is 0.309 e. The van der Waals surface area contributed by atoms with Crippen LogP contribution in [0.25, 0.3) is 0 Å². The third kappa shape index (κ3) is 6.93. The van der Waals surface area contributed by atoms with E-state index < -0.39 is 10.0 Å². The van der Waals surface area contributed by atoms with E-state index in [2.05, 4.69) is 4.72 Å². The second kappa shape index (κ2) is 11.5. The molecule has 3 rings (SSSR count). The van der Waals surface area contributed by atoms with Crippen molar-refractivity contribution in [1.82, 2.24) is 9.62 Å². The summed E-state index contributed by atoms with van der Waals surface area (Å²) in [7, 11) is -3.77. The number of nitrogens with one attached hydrogen (secondary N) is 1. The van der Waals surface area contributed by atoms with Crippen molar-refractivity contribution < 1.29 is 27.5 Å². The van der Waals surface area contributed by atoms with Gasteiger partial charge in [0, 0.05) is 19.6 Å². The van der Waals surface area contributed by atoms with Gasteiger partial charge in [0.2, 0.25) is 10.0 Å². The van der Waals surface area contributed by atoms with Gasteiger partial charge in [0.05, 0.1) is 22.4 Å². The molecule has 1 N–H and O–H groups in total. The van der Waals surface area contributed by atoms with Gasteiger partial charge in [-0.25, -0.2) is 13.1 Å². The number of sulfonamides is 1. The molecule has 33 heavy (non-hydrogen) atoms. The normalized spacial score (nSPS) is 14.7. The molecule has 0 saturated carbocycles. The molecule has 8 nitrogen and oxygen atoms in total. The molecule has 1 saturated heterocycles. The molecule has 1 amide bonds. The van der Waals surface area contributed by atoms with Crippen LogP contribution in [0.4, 0.5) is 0 Å². The molecule has 2 aromatic carbocycles. The zero-order chi connectivity index (χ0) is 23.8. The summed E-state index contributed by atoms with van der Waals surface area (Å²) in [6.45, 7) is 2.92. The van der Waals surface area contributed by atoms with Crippen LogP contribution in [0.2, 0.25) is 5.02 Å². The minimum Gasteiger partial charge on any atom is -0.482 e. The SMILES string of the molecule is CCOC(=O)C1CCN(C(=O)COc2ccc(S(=O)(=O)NCc3ccccc3)cc2Cl)CC1. The number of piperidine rings is 1. The first-order valence-corrected chi connectivity index (χ1v) is 12.6. The van der Waals surface area contributed by atoms with Gasteiger partial charge in [0.25, 0.3) is 5.91 Å². The molecule has 0 unspecified atom stereocenters. The molecule has 2 aromatic rings. The minimum atomic E-state index is -3.77. The Balaban J connectivity index is 1.52. The van der Waals surface area contributed by atoms with Gasteiger partial charge >= 0.3 is 5.97 Å². The van der Waals surface area contributed by atoms with Gasteiger partial charge in [0.15, 0.2) is 6.61 Å². The highest BCUT2D eigenvalue weighted by Crippen LogP contribution is 2.28.